The van der Waals surface area contributed by atoms with Gasteiger partial charge < -0.3 is 121 Å². The van der Waals surface area contributed by atoms with E-state index in [9.17, 15) is 131 Å². The first kappa shape index (κ1) is 90.7. The van der Waals surface area contributed by atoms with Crippen molar-refractivity contribution in [1.29, 1.82) is 0 Å². The number of phosphoric acid groups is 1. The summed E-state index contributed by atoms with van der Waals surface area (Å²) in [6, 6.07) is -16.3. The smallest absolute Gasteiger partial charge is 0.481 e. The third-order valence-corrected chi connectivity index (χ3v) is 17.0. The molecule has 26 N–H and O–H groups in total. The molecule has 0 aromatic heterocycles. The second kappa shape index (κ2) is 43.2. The SMILES string of the molecule is CC(C)CC(NC(=O)C(CC(N)=O)NC(=O)C(CCC(=O)O)NC(=O)CNC(=O)C1CCCN1C(=O)C(CCC(N)=O)NC(=O)C(Cc1ccc(OP(=O)(O)O)cc1)NC(=O)C(CCC(N)=O)NC(=O)C1CCCN1C(=O)C(CCC(=O)O)NC(=O)C(NC(=O)C(CO)NC(=O)C(N)C(C)O)C(C)O)C(=O)O. The largest absolute Gasteiger partial charge is 0.524 e. The Hall–Kier alpha value is -10.5. The monoisotopic (exact) mass is 1540 g/mol. The lowest BCUT2D eigenvalue weighted by Gasteiger charge is -2.31. The molecule has 3 rings (SSSR count). The van der Waals surface area contributed by atoms with Crippen LogP contribution >= 0.6 is 7.82 Å². The number of carbonyl (C=O) groups is 18. The number of hydrogen-bond acceptors (Lipinski definition) is 24. The summed E-state index contributed by atoms with van der Waals surface area (Å²) < 4.78 is 16.3. The topological polar surface area (TPSA) is 726 Å². The van der Waals surface area contributed by atoms with E-state index in [1.165, 1.54) is 12.1 Å². The lowest BCUT2D eigenvalue weighted by Crippen LogP contribution is -2.62. The Bertz CT molecular complexity index is 3470. The molecule has 14 atom stereocenters. The average Bonchev–Trinajstić information content (AvgIpc) is 1.74. The molecule has 44 nitrogen and oxygen atoms in total. The Balaban J connectivity index is 1.97. The van der Waals surface area contributed by atoms with Gasteiger partial charge in [0, 0.05) is 45.2 Å². The van der Waals surface area contributed by atoms with Crippen molar-refractivity contribution in [3.8, 4) is 5.75 Å². The van der Waals surface area contributed by atoms with Gasteiger partial charge in [0.1, 0.15) is 78.3 Å². The molecule has 15 amide bonds. The lowest BCUT2D eigenvalue weighted by molar-refractivity contribution is -0.144. The van der Waals surface area contributed by atoms with Gasteiger partial charge in [-0.15, -0.1) is 0 Å². The van der Waals surface area contributed by atoms with Crippen molar-refractivity contribution < 1.29 is 136 Å². The van der Waals surface area contributed by atoms with Crippen LogP contribution in [-0.4, -0.2) is 268 Å². The minimum atomic E-state index is -5.13. The van der Waals surface area contributed by atoms with Gasteiger partial charge in [-0.05, 0) is 95.2 Å². The van der Waals surface area contributed by atoms with Crippen molar-refractivity contribution in [3.05, 3.63) is 29.8 Å². The molecule has 0 spiro atoms. The first-order valence-corrected chi connectivity index (χ1v) is 35.2. The molecule has 0 aliphatic carbocycles. The lowest BCUT2D eigenvalue weighted by atomic mass is 10.0. The molecule has 1 aromatic rings. The number of primary amides is 3. The summed E-state index contributed by atoms with van der Waals surface area (Å²) in [5.41, 5.74) is 21.9. The first-order valence-electron chi connectivity index (χ1n) is 33.6. The number of nitrogens with one attached hydrogen (secondary N) is 10. The number of aliphatic hydroxyl groups is 3. The minimum absolute atomic E-state index is 0.0597. The highest BCUT2D eigenvalue weighted by Crippen LogP contribution is 2.37. The molecule has 0 radical (unpaired) electrons. The van der Waals surface area contributed by atoms with Gasteiger partial charge in [0.25, 0.3) is 0 Å². The van der Waals surface area contributed by atoms with Crippen LogP contribution in [0.4, 0.5) is 0 Å². The number of carboxylic acids is 3. The quantitative estimate of drug-likeness (QED) is 0.0270. The van der Waals surface area contributed by atoms with E-state index >= 15 is 0 Å². The highest BCUT2D eigenvalue weighted by atomic mass is 31.2. The van der Waals surface area contributed by atoms with E-state index in [1.807, 2.05) is 0 Å². The zero-order valence-corrected chi connectivity index (χ0v) is 59.7. The minimum Gasteiger partial charge on any atom is -0.481 e. The molecule has 2 heterocycles. The fourth-order valence-corrected chi connectivity index (χ4v) is 11.4. The number of phosphoric ester groups is 1. The van der Waals surface area contributed by atoms with Crippen LogP contribution in [0.15, 0.2) is 24.3 Å². The Morgan fingerprint density at radius 2 is 0.944 bits per heavy atom. The molecular formula is C62H95N16O28P. The summed E-state index contributed by atoms with van der Waals surface area (Å²) in [5.74, 6) is -22.1. The van der Waals surface area contributed by atoms with Crippen molar-refractivity contribution in [2.45, 2.75) is 209 Å². The molecule has 2 aliphatic rings. The number of hydrogen-bond donors (Lipinski definition) is 22. The number of benzene rings is 1. The maximum Gasteiger partial charge on any atom is 0.524 e. The summed E-state index contributed by atoms with van der Waals surface area (Å²) in [5, 5.41) is 81.5. The van der Waals surface area contributed by atoms with E-state index in [4.69, 9.17) is 22.9 Å². The van der Waals surface area contributed by atoms with Gasteiger partial charge >= 0.3 is 25.7 Å². The first-order chi connectivity index (χ1) is 49.9. The second-order valence-corrected chi connectivity index (χ2v) is 26.9. The molecule has 596 valence electrons. The summed E-state index contributed by atoms with van der Waals surface area (Å²) >= 11 is 0. The third kappa shape index (κ3) is 31.2. The summed E-state index contributed by atoms with van der Waals surface area (Å²) in [7, 11) is -5.13. The highest BCUT2D eigenvalue weighted by molar-refractivity contribution is 7.46. The maximum atomic E-state index is 14.8. The zero-order chi connectivity index (χ0) is 80.9. The number of nitrogens with zero attached hydrogens (tertiary/aromatic N) is 2. The van der Waals surface area contributed by atoms with Gasteiger partial charge in [-0.25, -0.2) is 9.36 Å². The number of amides is 15. The van der Waals surface area contributed by atoms with Gasteiger partial charge in [0.05, 0.1) is 31.8 Å². The van der Waals surface area contributed by atoms with Gasteiger partial charge in [-0.1, -0.05) is 26.0 Å². The number of aliphatic hydroxyl groups excluding tert-OH is 3. The summed E-state index contributed by atoms with van der Waals surface area (Å²) in [4.78, 5) is 259. The van der Waals surface area contributed by atoms with E-state index in [0.29, 0.717) is 0 Å². The fraction of sp³-hybridized carbons (Fsp3) is 0.613. The highest BCUT2D eigenvalue weighted by Gasteiger charge is 2.43. The molecule has 0 bridgehead atoms. The van der Waals surface area contributed by atoms with Gasteiger partial charge in [-0.3, -0.25) is 91.3 Å². The Morgan fingerprint density at radius 3 is 1.41 bits per heavy atom. The molecule has 2 saturated heterocycles. The van der Waals surface area contributed by atoms with Crippen molar-refractivity contribution in [2.24, 2.45) is 28.9 Å². The van der Waals surface area contributed by atoms with E-state index in [1.54, 1.807) is 13.8 Å². The molecule has 14 unspecified atom stereocenters. The van der Waals surface area contributed by atoms with Crippen LogP contribution in [0.1, 0.15) is 123 Å². The van der Waals surface area contributed by atoms with E-state index in [-0.39, 0.29) is 62.4 Å². The van der Waals surface area contributed by atoms with Gasteiger partial charge in [0.15, 0.2) is 0 Å². The zero-order valence-electron chi connectivity index (χ0n) is 58.8. The van der Waals surface area contributed by atoms with E-state index in [2.05, 4.69) is 57.7 Å². The van der Waals surface area contributed by atoms with Crippen LogP contribution in [0.3, 0.4) is 0 Å². The molecule has 1 aromatic carbocycles. The molecule has 2 fully saturated rings. The van der Waals surface area contributed by atoms with E-state index < -0.39 is 276 Å². The van der Waals surface area contributed by atoms with Crippen LogP contribution in [0, 0.1) is 5.92 Å². The average molecular weight is 1540 g/mol. The van der Waals surface area contributed by atoms with Crippen molar-refractivity contribution in [3.63, 3.8) is 0 Å². The Morgan fingerprint density at radius 1 is 0.514 bits per heavy atom. The number of carboxylic acid groups (broad SMARTS) is 3. The van der Waals surface area contributed by atoms with Crippen LogP contribution in [0.5, 0.6) is 5.75 Å². The predicted molar refractivity (Wildman–Crippen MR) is 363 cm³/mol. The summed E-state index contributed by atoms with van der Waals surface area (Å²) in [6.07, 6.45) is -10.2. The Labute approximate surface area is 610 Å². The van der Waals surface area contributed by atoms with Gasteiger partial charge in [-0.2, -0.15) is 0 Å². The van der Waals surface area contributed by atoms with E-state index in [0.717, 1.165) is 35.8 Å². The fourth-order valence-electron chi connectivity index (χ4n) is 11.0. The Kier molecular flexibility index (Phi) is 36.6. The maximum absolute atomic E-state index is 14.8. The van der Waals surface area contributed by atoms with Crippen LogP contribution in [-0.2, 0) is 97.3 Å². The molecule has 45 heteroatoms. The van der Waals surface area contributed by atoms with Crippen LogP contribution in [0.2, 0.25) is 0 Å². The second-order valence-electron chi connectivity index (χ2n) is 25.8. The number of carbonyl (C=O) groups excluding carboxylic acids is 15. The standard InChI is InChI=1S/C62H95N16O28P/c1-28(2)23-39(62(101)102)74-54(93)38(25-45(65)84)73-51(90)33(15-19-47(86)87)68-46(85)26-67-56(95)41-7-5-21-77(41)60(99)35(14-18-44(64)83)70-53(92)37(24-31-9-11-32(12-10-31)106-107(103,104)105)72-52(91)34(13-17-43(63)82)69-57(96)42-8-6-22-78(42)61(100)36(16-20-48(88)89)71-59(98)50(30(4)81)76-55(94)40(27-79)75-58(97)49(66)29(3)80/h9-12,28-30,33-42,49-50,79-81H,5-8,13-27,66H2,1-4H3,(H2,63,82)(H2,64,83)(H2,65,84)(H,67,95)(H,68,85)(H,69,96)(H,70,92)(H,71,98)(H,72,91)(H,73,90)(H,74,93)(H,75,97)(H,76,94)(H,86,87)(H,88,89)(H,101,102)(H2,103,104,105). The summed E-state index contributed by atoms with van der Waals surface area (Å²) in [6.45, 7) is 2.99. The van der Waals surface area contributed by atoms with Gasteiger partial charge in [0.2, 0.25) is 88.6 Å². The van der Waals surface area contributed by atoms with Crippen molar-refractivity contribution in [2.75, 3.05) is 26.2 Å². The predicted octanol–water partition coefficient (Wildman–Crippen LogP) is -9.49. The number of rotatable bonds is 46. The van der Waals surface area contributed by atoms with Crippen LogP contribution < -0.4 is 80.6 Å². The molecule has 0 saturated carbocycles. The number of aliphatic carboxylic acids is 3. The van der Waals surface area contributed by atoms with Crippen molar-refractivity contribution >= 4 is 114 Å². The molecule has 2 aliphatic heterocycles. The normalized spacial score (nSPS) is 17.5. The molecular weight excluding hydrogens is 1450 g/mol. The van der Waals surface area contributed by atoms with Crippen LogP contribution in [0.25, 0.3) is 0 Å². The number of nitrogens with two attached hydrogens (primary N) is 4. The number of likely N-dealkylation sites (tertiary alicyclic amines) is 2. The third-order valence-electron chi connectivity index (χ3n) is 16.5. The molecule has 107 heavy (non-hydrogen) atoms. The van der Waals surface area contributed by atoms with Crippen molar-refractivity contribution in [1.82, 2.24) is 63.0 Å².